The minimum Gasteiger partial charge on any atom is -0.314 e. The molecule has 0 saturated carbocycles. The Balaban J connectivity index is 2.16. The minimum absolute atomic E-state index is 0.0676. The van der Waals surface area contributed by atoms with Gasteiger partial charge in [-0.3, -0.25) is 0 Å². The van der Waals surface area contributed by atoms with Crippen LogP contribution in [0.3, 0.4) is 0 Å². The van der Waals surface area contributed by atoms with Gasteiger partial charge < -0.3 is 5.73 Å². The van der Waals surface area contributed by atoms with Crippen LogP contribution in [0.25, 0.3) is 5.57 Å². The highest BCUT2D eigenvalue weighted by molar-refractivity contribution is 8.19. The number of hydrogen-bond acceptors (Lipinski definition) is 6. The van der Waals surface area contributed by atoms with Gasteiger partial charge in [-0.05, 0) is 23.3 Å². The molecule has 4 N–H and O–H groups in total. The predicted octanol–water partition coefficient (Wildman–Crippen LogP) is 1.52. The summed E-state index contributed by atoms with van der Waals surface area (Å²) < 4.78 is 25.2. The van der Waals surface area contributed by atoms with Gasteiger partial charge in [0, 0.05) is 10.9 Å². The molecule has 1 aromatic rings. The number of rotatable bonds is 3. The van der Waals surface area contributed by atoms with Crippen molar-refractivity contribution in [1.82, 2.24) is 10.9 Å². The zero-order valence-electron chi connectivity index (χ0n) is 11.3. The van der Waals surface area contributed by atoms with Crippen LogP contribution in [-0.4, -0.2) is 25.7 Å². The Morgan fingerprint density at radius 1 is 1.29 bits per heavy atom. The van der Waals surface area contributed by atoms with Crippen molar-refractivity contribution in [2.75, 3.05) is 5.75 Å². The van der Waals surface area contributed by atoms with Crippen molar-refractivity contribution in [1.29, 1.82) is 0 Å². The molecular weight excluding hydrogens is 330 g/mol. The normalized spacial score (nSPS) is 29.0. The standard InChI is InChI=1S/C13H16ClN3O2S2/c1-2-21(18,19)13-9(7-3-5-8(14)6-4-7)10-11(15)16-17-12(10)20-13/h3-6,10-12,16-17H,2,15H2,1H3. The number of hydrogen-bond donors (Lipinski definition) is 3. The highest BCUT2D eigenvalue weighted by Crippen LogP contribution is 2.50. The molecule has 3 rings (SSSR count). The molecule has 0 amide bonds. The number of halogens is 1. The lowest BCUT2D eigenvalue weighted by Crippen LogP contribution is -2.39. The van der Waals surface area contributed by atoms with E-state index in [9.17, 15) is 8.42 Å². The first-order valence-electron chi connectivity index (χ1n) is 6.60. The summed E-state index contributed by atoms with van der Waals surface area (Å²) in [7, 11) is -3.28. The first-order valence-corrected chi connectivity index (χ1v) is 9.51. The molecule has 114 valence electrons. The maximum absolute atomic E-state index is 12.4. The van der Waals surface area contributed by atoms with Gasteiger partial charge in [0.05, 0.1) is 17.3 Å². The number of nitrogens with one attached hydrogen (secondary N) is 2. The largest absolute Gasteiger partial charge is 0.314 e. The van der Waals surface area contributed by atoms with Gasteiger partial charge >= 0.3 is 0 Å². The zero-order chi connectivity index (χ0) is 15.2. The molecule has 8 heteroatoms. The van der Waals surface area contributed by atoms with Gasteiger partial charge in [0.1, 0.15) is 4.24 Å². The van der Waals surface area contributed by atoms with Crippen LogP contribution in [-0.2, 0) is 9.84 Å². The third kappa shape index (κ3) is 2.62. The number of benzene rings is 1. The summed E-state index contributed by atoms with van der Waals surface area (Å²) >= 11 is 7.25. The van der Waals surface area contributed by atoms with Crippen LogP contribution in [0.1, 0.15) is 12.5 Å². The van der Waals surface area contributed by atoms with Crippen LogP contribution in [0.15, 0.2) is 28.5 Å². The molecule has 2 aliphatic heterocycles. The Morgan fingerprint density at radius 2 is 1.95 bits per heavy atom. The van der Waals surface area contributed by atoms with Gasteiger partial charge in [-0.15, -0.1) is 0 Å². The second-order valence-corrected chi connectivity index (χ2v) is 9.05. The molecule has 2 aliphatic rings. The third-order valence-corrected chi connectivity index (χ3v) is 7.66. The maximum Gasteiger partial charge on any atom is 0.184 e. The van der Waals surface area contributed by atoms with Crippen LogP contribution in [0, 0.1) is 5.92 Å². The zero-order valence-corrected chi connectivity index (χ0v) is 13.7. The van der Waals surface area contributed by atoms with E-state index in [1.807, 2.05) is 12.1 Å². The molecule has 1 aromatic carbocycles. The summed E-state index contributed by atoms with van der Waals surface area (Å²) in [5.41, 5.74) is 13.8. The van der Waals surface area contributed by atoms with Crippen LogP contribution in [0.4, 0.5) is 0 Å². The van der Waals surface area contributed by atoms with Gasteiger partial charge in [-0.2, -0.15) is 0 Å². The predicted molar refractivity (Wildman–Crippen MR) is 86.9 cm³/mol. The first kappa shape index (κ1) is 15.3. The molecule has 0 radical (unpaired) electrons. The maximum atomic E-state index is 12.4. The summed E-state index contributed by atoms with van der Waals surface area (Å²) in [5, 5.41) is 0.551. The molecule has 2 heterocycles. The van der Waals surface area contributed by atoms with Crippen molar-refractivity contribution in [2.45, 2.75) is 18.5 Å². The summed E-state index contributed by atoms with van der Waals surface area (Å²) in [6.45, 7) is 1.65. The minimum atomic E-state index is -3.28. The SMILES string of the molecule is CCS(=O)(=O)C1=C(c2ccc(Cl)cc2)C2C(N)NNC2S1. The number of thioether (sulfide) groups is 1. The van der Waals surface area contributed by atoms with E-state index in [-0.39, 0.29) is 23.2 Å². The molecular formula is C13H16ClN3O2S2. The molecule has 1 saturated heterocycles. The van der Waals surface area contributed by atoms with E-state index in [2.05, 4.69) is 10.9 Å². The van der Waals surface area contributed by atoms with Crippen molar-refractivity contribution in [3.63, 3.8) is 0 Å². The number of hydrazine groups is 1. The van der Waals surface area contributed by atoms with E-state index in [1.165, 1.54) is 11.8 Å². The molecule has 3 atom stereocenters. The van der Waals surface area contributed by atoms with Crippen molar-refractivity contribution in [3.05, 3.63) is 39.1 Å². The monoisotopic (exact) mass is 345 g/mol. The van der Waals surface area contributed by atoms with Crippen molar-refractivity contribution < 1.29 is 8.42 Å². The molecule has 0 aromatic heterocycles. The molecule has 21 heavy (non-hydrogen) atoms. The highest BCUT2D eigenvalue weighted by Gasteiger charge is 2.47. The van der Waals surface area contributed by atoms with E-state index >= 15 is 0 Å². The van der Waals surface area contributed by atoms with Gasteiger partial charge in [0.15, 0.2) is 9.84 Å². The lowest BCUT2D eigenvalue weighted by Gasteiger charge is -2.17. The van der Waals surface area contributed by atoms with Gasteiger partial charge in [-0.1, -0.05) is 42.4 Å². The Kier molecular flexibility index (Phi) is 4.06. The Bertz CT molecular complexity index is 688. The van der Waals surface area contributed by atoms with E-state index in [0.717, 1.165) is 11.1 Å². The fraction of sp³-hybridized carbons (Fsp3) is 0.385. The third-order valence-electron chi connectivity index (χ3n) is 3.71. The van der Waals surface area contributed by atoms with Gasteiger partial charge in [-0.25, -0.2) is 19.3 Å². The van der Waals surface area contributed by atoms with Crippen molar-refractivity contribution >= 4 is 38.8 Å². The van der Waals surface area contributed by atoms with Gasteiger partial charge in [0.25, 0.3) is 0 Å². The number of nitrogens with two attached hydrogens (primary N) is 1. The van der Waals surface area contributed by atoms with E-state index in [4.69, 9.17) is 17.3 Å². The van der Waals surface area contributed by atoms with Gasteiger partial charge in [0.2, 0.25) is 0 Å². The van der Waals surface area contributed by atoms with Crippen molar-refractivity contribution in [2.24, 2.45) is 11.7 Å². The number of sulfone groups is 1. The van der Waals surface area contributed by atoms with Crippen LogP contribution < -0.4 is 16.6 Å². The highest BCUT2D eigenvalue weighted by atomic mass is 35.5. The van der Waals surface area contributed by atoms with Crippen LogP contribution in [0.2, 0.25) is 5.02 Å². The fourth-order valence-corrected chi connectivity index (χ4v) is 6.03. The van der Waals surface area contributed by atoms with Crippen molar-refractivity contribution in [3.8, 4) is 0 Å². The Morgan fingerprint density at radius 3 is 2.57 bits per heavy atom. The first-order chi connectivity index (χ1) is 9.94. The van der Waals surface area contributed by atoms with E-state index < -0.39 is 9.84 Å². The second kappa shape index (κ2) is 5.57. The summed E-state index contributed by atoms with van der Waals surface area (Å²) in [5.74, 6) is -0.0124. The summed E-state index contributed by atoms with van der Waals surface area (Å²) in [6, 6.07) is 7.21. The molecule has 0 bridgehead atoms. The van der Waals surface area contributed by atoms with E-state index in [0.29, 0.717) is 9.26 Å². The lowest BCUT2D eigenvalue weighted by molar-refractivity contribution is 0.539. The lowest BCUT2D eigenvalue weighted by atomic mass is 9.92. The Hall–Kier alpha value is -0.570. The smallest absolute Gasteiger partial charge is 0.184 e. The Labute approximate surface area is 133 Å². The molecule has 3 unspecified atom stereocenters. The molecule has 1 fully saturated rings. The van der Waals surface area contributed by atoms with E-state index in [1.54, 1.807) is 19.1 Å². The topological polar surface area (TPSA) is 84.2 Å². The average molecular weight is 346 g/mol. The number of fused-ring (bicyclic) bond motifs is 1. The average Bonchev–Trinajstić information content (AvgIpc) is 3.01. The summed E-state index contributed by atoms with van der Waals surface area (Å²) in [4.78, 5) is 0. The fourth-order valence-electron chi connectivity index (χ4n) is 2.61. The van der Waals surface area contributed by atoms with Crippen LogP contribution >= 0.6 is 23.4 Å². The summed E-state index contributed by atoms with van der Waals surface area (Å²) in [6.07, 6.45) is -0.322. The van der Waals surface area contributed by atoms with Crippen LogP contribution in [0.5, 0.6) is 0 Å². The quantitative estimate of drug-likeness (QED) is 0.770. The molecule has 0 spiro atoms. The molecule has 0 aliphatic carbocycles. The molecule has 5 nitrogen and oxygen atoms in total. The second-order valence-electron chi connectivity index (χ2n) is 4.99.